The average Bonchev–Trinajstić information content (AvgIpc) is 3.06. The van der Waals surface area contributed by atoms with Gasteiger partial charge in [-0.3, -0.25) is 4.98 Å². The highest BCUT2D eigenvalue weighted by Crippen LogP contribution is 2.30. The molecule has 1 unspecified atom stereocenters. The molecule has 2 heterocycles. The summed E-state index contributed by atoms with van der Waals surface area (Å²) in [4.78, 5) is 20.2. The van der Waals surface area contributed by atoms with Gasteiger partial charge in [-0.15, -0.1) is 0 Å². The number of aromatic nitrogens is 1. The molecular formula is C18H19N3O4. The number of primary amides is 1. The number of ether oxygens (including phenoxy) is 2. The van der Waals surface area contributed by atoms with Crippen LogP contribution in [-0.2, 0) is 9.57 Å². The predicted octanol–water partition coefficient (Wildman–Crippen LogP) is 2.68. The summed E-state index contributed by atoms with van der Waals surface area (Å²) in [6, 6.07) is 9.83. The van der Waals surface area contributed by atoms with Crippen molar-refractivity contribution in [3.8, 4) is 16.9 Å². The summed E-state index contributed by atoms with van der Waals surface area (Å²) in [7, 11) is 0. The number of para-hydroxylation sites is 1. The van der Waals surface area contributed by atoms with Gasteiger partial charge in [0.1, 0.15) is 19.0 Å². The molecule has 2 aromatic rings. The van der Waals surface area contributed by atoms with Gasteiger partial charge in [0.05, 0.1) is 5.71 Å². The first kappa shape index (κ1) is 16.8. The second-order valence-electron chi connectivity index (χ2n) is 5.75. The maximum absolute atomic E-state index is 10.6. The fourth-order valence-corrected chi connectivity index (χ4v) is 2.53. The number of carbonyl (C=O) groups excluding carboxylic acids is 1. The Balaban J connectivity index is 1.61. The molecule has 1 aromatic carbocycles. The molecule has 1 aromatic heterocycles. The molecule has 7 heteroatoms. The minimum absolute atomic E-state index is 0.0391. The lowest BCUT2D eigenvalue weighted by molar-refractivity contribution is 0.0472. The largest absolute Gasteiger partial charge is 0.489 e. The molecule has 0 spiro atoms. The standard InChI is InChI=1S/C18H19N3O4/c1-12-6-13(9-20-8-12)16-4-2-3-5-17(16)23-11-15-7-14(21-25-15)10-24-18(19)22/h2-6,8-9,15H,7,10-11H2,1H3,(H2,19,22). The Morgan fingerprint density at radius 2 is 2.20 bits per heavy atom. The number of rotatable bonds is 6. The summed E-state index contributed by atoms with van der Waals surface area (Å²) in [5.74, 6) is 0.750. The summed E-state index contributed by atoms with van der Waals surface area (Å²) in [5.41, 5.74) is 8.61. The molecule has 7 nitrogen and oxygen atoms in total. The molecule has 0 fully saturated rings. The SMILES string of the molecule is Cc1cncc(-c2ccccc2OCC2CC(COC(N)=O)=NO2)c1. The van der Waals surface area contributed by atoms with Crippen LogP contribution in [0.1, 0.15) is 12.0 Å². The Hall–Kier alpha value is -3.09. The minimum Gasteiger partial charge on any atom is -0.489 e. The van der Waals surface area contributed by atoms with Gasteiger partial charge in [-0.05, 0) is 24.6 Å². The quantitative estimate of drug-likeness (QED) is 0.871. The van der Waals surface area contributed by atoms with E-state index in [0.29, 0.717) is 18.7 Å². The van der Waals surface area contributed by atoms with Gasteiger partial charge in [-0.25, -0.2) is 4.79 Å². The lowest BCUT2D eigenvalue weighted by atomic mass is 10.1. The van der Waals surface area contributed by atoms with Gasteiger partial charge < -0.3 is 20.0 Å². The fraction of sp³-hybridized carbons (Fsp3) is 0.278. The minimum atomic E-state index is -0.830. The Morgan fingerprint density at radius 3 is 3.00 bits per heavy atom. The fourth-order valence-electron chi connectivity index (χ4n) is 2.53. The molecule has 2 N–H and O–H groups in total. The van der Waals surface area contributed by atoms with Crippen molar-refractivity contribution in [2.75, 3.05) is 13.2 Å². The third-order valence-corrected chi connectivity index (χ3v) is 3.67. The first-order valence-electron chi connectivity index (χ1n) is 7.89. The molecule has 3 rings (SSSR count). The second kappa shape index (κ2) is 7.65. The molecule has 0 saturated heterocycles. The summed E-state index contributed by atoms with van der Waals surface area (Å²) in [6.45, 7) is 2.37. The number of benzene rings is 1. The van der Waals surface area contributed by atoms with Crippen LogP contribution in [-0.4, -0.2) is 36.1 Å². The van der Waals surface area contributed by atoms with E-state index in [1.165, 1.54) is 0 Å². The van der Waals surface area contributed by atoms with Crippen LogP contribution in [0, 0.1) is 6.92 Å². The zero-order valence-electron chi connectivity index (χ0n) is 13.8. The number of nitrogens with zero attached hydrogens (tertiary/aromatic N) is 2. The topological polar surface area (TPSA) is 96.0 Å². The van der Waals surface area contributed by atoms with E-state index in [-0.39, 0.29) is 12.7 Å². The number of hydrogen-bond donors (Lipinski definition) is 1. The summed E-state index contributed by atoms with van der Waals surface area (Å²) < 4.78 is 10.6. The number of amides is 1. The molecule has 0 bridgehead atoms. The van der Waals surface area contributed by atoms with Gasteiger partial charge in [0.2, 0.25) is 0 Å². The van der Waals surface area contributed by atoms with Crippen LogP contribution in [0.2, 0.25) is 0 Å². The predicted molar refractivity (Wildman–Crippen MR) is 92.4 cm³/mol. The number of pyridine rings is 1. The zero-order valence-corrected chi connectivity index (χ0v) is 13.8. The van der Waals surface area contributed by atoms with E-state index < -0.39 is 6.09 Å². The van der Waals surface area contributed by atoms with E-state index in [1.807, 2.05) is 43.6 Å². The van der Waals surface area contributed by atoms with E-state index in [1.54, 1.807) is 0 Å². The number of hydrogen-bond acceptors (Lipinski definition) is 6. The van der Waals surface area contributed by atoms with E-state index >= 15 is 0 Å². The molecule has 0 saturated carbocycles. The van der Waals surface area contributed by atoms with Crippen molar-refractivity contribution in [1.82, 2.24) is 4.98 Å². The lowest BCUT2D eigenvalue weighted by Crippen LogP contribution is -2.21. The van der Waals surface area contributed by atoms with Crippen molar-refractivity contribution in [1.29, 1.82) is 0 Å². The average molecular weight is 341 g/mol. The number of oxime groups is 1. The van der Waals surface area contributed by atoms with Crippen molar-refractivity contribution in [3.63, 3.8) is 0 Å². The van der Waals surface area contributed by atoms with Crippen LogP contribution in [0.3, 0.4) is 0 Å². The highest BCUT2D eigenvalue weighted by Gasteiger charge is 2.23. The summed E-state index contributed by atoms with van der Waals surface area (Å²) >= 11 is 0. The first-order chi connectivity index (χ1) is 12.1. The van der Waals surface area contributed by atoms with Crippen molar-refractivity contribution in [2.24, 2.45) is 10.9 Å². The Labute approximate surface area is 145 Å². The van der Waals surface area contributed by atoms with Gasteiger partial charge in [0, 0.05) is 29.9 Å². The van der Waals surface area contributed by atoms with E-state index in [9.17, 15) is 4.79 Å². The smallest absolute Gasteiger partial charge is 0.404 e. The highest BCUT2D eigenvalue weighted by molar-refractivity contribution is 5.88. The highest BCUT2D eigenvalue weighted by atomic mass is 16.7. The zero-order chi connectivity index (χ0) is 17.6. The number of aryl methyl sites for hydroxylation is 1. The van der Waals surface area contributed by atoms with Crippen LogP contribution in [0.15, 0.2) is 47.9 Å². The first-order valence-corrected chi connectivity index (χ1v) is 7.89. The Bertz CT molecular complexity index is 791. The molecule has 25 heavy (non-hydrogen) atoms. The van der Waals surface area contributed by atoms with Gasteiger partial charge in [-0.1, -0.05) is 23.4 Å². The Morgan fingerprint density at radius 1 is 1.36 bits per heavy atom. The maximum atomic E-state index is 10.6. The second-order valence-corrected chi connectivity index (χ2v) is 5.75. The molecule has 0 radical (unpaired) electrons. The third-order valence-electron chi connectivity index (χ3n) is 3.67. The molecule has 1 amide bonds. The van der Waals surface area contributed by atoms with Gasteiger partial charge in [0.25, 0.3) is 0 Å². The Kier molecular flexibility index (Phi) is 5.13. The van der Waals surface area contributed by atoms with Crippen LogP contribution >= 0.6 is 0 Å². The van der Waals surface area contributed by atoms with E-state index in [0.717, 1.165) is 22.4 Å². The van der Waals surface area contributed by atoms with Crippen molar-refractivity contribution < 1.29 is 19.1 Å². The van der Waals surface area contributed by atoms with Crippen molar-refractivity contribution >= 4 is 11.8 Å². The molecule has 130 valence electrons. The van der Waals surface area contributed by atoms with Crippen LogP contribution in [0.5, 0.6) is 5.75 Å². The normalized spacial score (nSPS) is 16.0. The number of carbonyl (C=O) groups is 1. The van der Waals surface area contributed by atoms with E-state index in [2.05, 4.69) is 16.2 Å². The molecule has 0 aliphatic carbocycles. The van der Waals surface area contributed by atoms with Gasteiger partial charge in [-0.2, -0.15) is 0 Å². The molecule has 1 aliphatic rings. The number of nitrogens with two attached hydrogens (primary N) is 1. The van der Waals surface area contributed by atoms with Crippen molar-refractivity contribution in [3.05, 3.63) is 48.3 Å². The molecule has 1 aliphatic heterocycles. The van der Waals surface area contributed by atoms with Crippen molar-refractivity contribution in [2.45, 2.75) is 19.4 Å². The monoisotopic (exact) mass is 341 g/mol. The molecular weight excluding hydrogens is 322 g/mol. The van der Waals surface area contributed by atoms with Gasteiger partial charge in [0.15, 0.2) is 6.10 Å². The molecule has 1 atom stereocenters. The van der Waals surface area contributed by atoms with Crippen LogP contribution < -0.4 is 10.5 Å². The van der Waals surface area contributed by atoms with Crippen LogP contribution in [0.4, 0.5) is 4.79 Å². The van der Waals surface area contributed by atoms with Gasteiger partial charge >= 0.3 is 6.09 Å². The lowest BCUT2D eigenvalue weighted by Gasteiger charge is -2.14. The summed E-state index contributed by atoms with van der Waals surface area (Å²) in [5, 5.41) is 3.89. The summed E-state index contributed by atoms with van der Waals surface area (Å²) in [6.07, 6.45) is 3.09. The van der Waals surface area contributed by atoms with Crippen LogP contribution in [0.25, 0.3) is 11.1 Å². The maximum Gasteiger partial charge on any atom is 0.404 e. The third kappa shape index (κ3) is 4.47. The van der Waals surface area contributed by atoms with E-state index in [4.69, 9.17) is 20.0 Å².